The summed E-state index contributed by atoms with van der Waals surface area (Å²) >= 11 is 0. The van der Waals surface area contributed by atoms with Crippen molar-refractivity contribution in [2.75, 3.05) is 0 Å². The first kappa shape index (κ1) is 148. The van der Waals surface area contributed by atoms with Crippen molar-refractivity contribution >= 4 is 0 Å². The molecule has 0 aromatic rings. The van der Waals surface area contributed by atoms with Crippen molar-refractivity contribution in [3.63, 3.8) is 0 Å². The summed E-state index contributed by atoms with van der Waals surface area (Å²) in [5.74, 6) is 0. The Bertz CT molecular complexity index is 265. The molecule has 0 heterocycles. The fourth-order valence-corrected chi connectivity index (χ4v) is 0. The molecule has 0 rings (SSSR count). The topological polar surface area (TPSA) is 704 Å². The minimum atomic E-state index is -1.75. The first-order chi connectivity index (χ1) is 10.4. The van der Waals surface area contributed by atoms with E-state index in [0.717, 1.165) is 0 Å². The summed E-state index contributed by atoms with van der Waals surface area (Å²) in [4.78, 5) is 49.8. The molecule has 0 aliphatic rings. The van der Waals surface area contributed by atoms with Crippen molar-refractivity contribution < 1.29 is 181 Å². The van der Waals surface area contributed by atoms with Crippen LogP contribution in [0.3, 0.4) is 0 Å². The van der Waals surface area contributed by atoms with Gasteiger partial charge in [-0.3, -0.25) is 0 Å². The number of nitrogens with zero attached hydrogens (tertiary/aromatic N) is 6. The van der Waals surface area contributed by atoms with Crippen molar-refractivity contribution in [1.82, 2.24) is 0 Å². The molecule has 0 amide bonds. The smallest absolute Gasteiger partial charge is 0.412 e. The van der Waals surface area contributed by atoms with E-state index in [1.807, 2.05) is 0 Å². The third-order valence-electron chi connectivity index (χ3n) is 0. The van der Waals surface area contributed by atoms with E-state index >= 15 is 0 Å². The Labute approximate surface area is 255 Å². The van der Waals surface area contributed by atoms with Gasteiger partial charge in [0.25, 0.3) is 15.3 Å². The molecule has 36 heteroatoms. The molecule has 0 fully saturated rings. The van der Waals surface area contributed by atoms with Crippen molar-refractivity contribution in [2.24, 2.45) is 0 Å². The molecule has 0 spiro atoms. The molecular formula is H23Gd2N6O28. The Morgan fingerprint density at radius 3 is 0.333 bits per heavy atom. The van der Waals surface area contributed by atoms with Crippen LogP contribution >= 0.6 is 0 Å². The van der Waals surface area contributed by atoms with Gasteiger partial charge in [0, 0.05) is 39.9 Å². The van der Waals surface area contributed by atoms with Gasteiger partial charge >= 0.3 is 39.9 Å². The first-order valence-corrected chi connectivity index (χ1v) is 3.34. The molecule has 0 saturated carbocycles. The van der Waals surface area contributed by atoms with Crippen LogP contribution in [0.1, 0.15) is 0 Å². The molecular weight excluding hydrogens is 847 g/mol. The molecule has 1 radical (unpaired) electrons. The van der Waals surface area contributed by atoms with Gasteiger partial charge in [-0.25, -0.2) is 0 Å². The molecule has 0 bridgehead atoms. The predicted octanol–water partition coefficient (Wildman–Crippen LogP) is -10.0. The van der Waals surface area contributed by atoms with Gasteiger partial charge < -0.3 is 116 Å². The fraction of sp³-hybridized carbons (Fsp3) is 0. The maximum Gasteiger partial charge on any atom is 3.00 e. The van der Waals surface area contributed by atoms with Gasteiger partial charge in [-0.1, -0.05) is 0 Å². The molecule has 23 N–H and O–H groups in total. The zero-order valence-electron chi connectivity index (χ0n) is 15.9. The Morgan fingerprint density at radius 1 is 0.333 bits per heavy atom. The molecule has 0 aromatic carbocycles. The van der Waals surface area contributed by atoms with E-state index in [1.54, 1.807) is 0 Å². The second kappa shape index (κ2) is 134. The molecule has 0 atom stereocenters. The van der Waals surface area contributed by atoms with E-state index < -0.39 is 30.5 Å². The monoisotopic (exact) mass is 871 g/mol. The van der Waals surface area contributed by atoms with Crippen molar-refractivity contribution in [3.8, 4) is 0 Å². The minimum Gasteiger partial charge on any atom is -0.412 e. The Hall–Kier alpha value is -2.55. The van der Waals surface area contributed by atoms with Crippen LogP contribution in [0.25, 0.3) is 0 Å². The summed E-state index contributed by atoms with van der Waals surface area (Å²) in [5, 5.41) is 85.2. The number of hydrogen-bond donors (Lipinski definition) is 3. The van der Waals surface area contributed by atoms with Gasteiger partial charge in [0.1, 0.15) is 0 Å². The molecule has 0 aliphatic carbocycles. The van der Waals surface area contributed by atoms with E-state index in [2.05, 4.69) is 0 Å². The van der Waals surface area contributed by atoms with Crippen LogP contribution in [0, 0.1) is 156 Å². The van der Waals surface area contributed by atoms with Crippen molar-refractivity contribution in [2.45, 2.75) is 0 Å². The predicted molar refractivity (Wildman–Crippen MR) is 93.6 cm³/mol. The summed E-state index contributed by atoms with van der Waals surface area (Å²) < 4.78 is 0. The summed E-state index contributed by atoms with van der Waals surface area (Å²) in [6.45, 7) is 0. The number of hydrogen-bond acceptors (Lipinski definition) is 15. The SMILES string of the molecule is O.O.O.O.O.O.O.O.O.O.O=[N+]([O-])O.O=[N+]([O-])O.O=[N+]([O-])O.O=[N+]([O-])[O-].O=[N+]([O-])[O-].O=[N+]([O-])[O-].[Gd+3].[Gd]. The van der Waals surface area contributed by atoms with E-state index in [4.69, 9.17) is 91.9 Å². The molecule has 0 aromatic heterocycles. The first-order valence-electron chi connectivity index (χ1n) is 3.34. The summed E-state index contributed by atoms with van der Waals surface area (Å²) in [5.41, 5.74) is 0. The van der Waals surface area contributed by atoms with E-state index in [1.165, 1.54) is 0 Å². The van der Waals surface area contributed by atoms with Crippen LogP contribution in [0.15, 0.2) is 0 Å². The van der Waals surface area contributed by atoms with Crippen LogP contribution < -0.4 is 0 Å². The Balaban J connectivity index is -0.00000000633. The van der Waals surface area contributed by atoms with Crippen LogP contribution in [-0.2, 0) is 0 Å². The molecule has 36 heavy (non-hydrogen) atoms. The zero-order valence-corrected chi connectivity index (χ0v) is 20.4. The molecule has 0 unspecified atom stereocenters. The Morgan fingerprint density at radius 2 is 0.333 bits per heavy atom. The van der Waals surface area contributed by atoms with Gasteiger partial charge in [0.2, 0.25) is 0 Å². The van der Waals surface area contributed by atoms with E-state index in [0.29, 0.717) is 0 Å². The quantitative estimate of drug-likeness (QED) is 0.150. The van der Waals surface area contributed by atoms with Crippen LogP contribution in [0.5, 0.6) is 0 Å². The van der Waals surface area contributed by atoms with E-state index in [-0.39, 0.29) is 135 Å². The summed E-state index contributed by atoms with van der Waals surface area (Å²) in [6, 6.07) is 0. The minimum absolute atomic E-state index is 0. The molecule has 0 saturated heterocycles. The van der Waals surface area contributed by atoms with Gasteiger partial charge in [-0.15, -0.1) is 30.3 Å². The largest absolute Gasteiger partial charge is 3.00 e. The van der Waals surface area contributed by atoms with Gasteiger partial charge in [0.15, 0.2) is 0 Å². The average molecular weight is 870 g/mol. The van der Waals surface area contributed by atoms with Gasteiger partial charge in [0.05, 0.1) is 15.3 Å². The third kappa shape index (κ3) is 4480. The third-order valence-corrected chi connectivity index (χ3v) is 0. The van der Waals surface area contributed by atoms with Crippen molar-refractivity contribution in [3.05, 3.63) is 76.3 Å². The fourth-order valence-electron chi connectivity index (χ4n) is 0. The van der Waals surface area contributed by atoms with Gasteiger partial charge in [-0.2, -0.15) is 0 Å². The van der Waals surface area contributed by atoms with E-state index in [9.17, 15) is 0 Å². The van der Waals surface area contributed by atoms with Crippen LogP contribution in [0.4, 0.5) is 0 Å². The molecule has 0 aliphatic heterocycles. The normalized spacial score (nSPS) is 4.00. The molecule has 237 valence electrons. The van der Waals surface area contributed by atoms with Crippen LogP contribution in [0.2, 0.25) is 0 Å². The van der Waals surface area contributed by atoms with Crippen LogP contribution in [-0.4, -0.2) is 101 Å². The molecule has 34 nitrogen and oxygen atoms in total. The average Bonchev–Trinajstić information content (AvgIpc) is 2.08. The van der Waals surface area contributed by atoms with Crippen molar-refractivity contribution in [1.29, 1.82) is 0 Å². The maximum absolute atomic E-state index is 8.36. The summed E-state index contributed by atoms with van der Waals surface area (Å²) in [7, 11) is 0. The standard InChI is InChI=1S/2Gd.3HNO3.3NO3.10H2O/c;;6*2-1(3)4;;;;;;;;;;/h;;3*(H,2,3,4);;;;10*1H2/q;+3;;;;3*-1;;;;;;;;;;. The zero-order chi connectivity index (χ0) is 21.5. The second-order valence-corrected chi connectivity index (χ2v) is 1.38. The Kier molecular flexibility index (Phi) is 551. The summed E-state index contributed by atoms with van der Waals surface area (Å²) in [6.07, 6.45) is 0. The maximum atomic E-state index is 8.36. The number of rotatable bonds is 0. The van der Waals surface area contributed by atoms with Gasteiger partial charge in [-0.05, 0) is 0 Å². The second-order valence-electron chi connectivity index (χ2n) is 1.38.